The van der Waals surface area contributed by atoms with E-state index in [1.54, 1.807) is 49.6 Å². The van der Waals surface area contributed by atoms with Crippen LogP contribution in [0, 0.1) is 6.92 Å². The first-order valence-electron chi connectivity index (χ1n) is 9.67. The van der Waals surface area contributed by atoms with E-state index in [0.29, 0.717) is 28.7 Å². The van der Waals surface area contributed by atoms with Crippen LogP contribution in [0.4, 0.5) is 0 Å². The highest BCUT2D eigenvalue weighted by Crippen LogP contribution is 2.31. The third-order valence-corrected chi connectivity index (χ3v) is 5.02. The van der Waals surface area contributed by atoms with E-state index in [4.69, 9.17) is 25.8 Å². The van der Waals surface area contributed by atoms with Crippen molar-refractivity contribution in [1.82, 2.24) is 0 Å². The predicted molar refractivity (Wildman–Crippen MR) is 121 cm³/mol. The Morgan fingerprint density at radius 1 is 1.03 bits per heavy atom. The molecule has 1 aliphatic heterocycles. The van der Waals surface area contributed by atoms with Crippen LogP contribution in [-0.2, 0) is 16.1 Å². The first-order valence-corrected chi connectivity index (χ1v) is 10.0. The number of halogens is 1. The summed E-state index contributed by atoms with van der Waals surface area (Å²) in [5.41, 5.74) is 3.73. The third kappa shape index (κ3) is 4.78. The van der Waals surface area contributed by atoms with Crippen molar-refractivity contribution in [2.24, 2.45) is 4.99 Å². The highest BCUT2D eigenvalue weighted by molar-refractivity contribution is 6.34. The fourth-order valence-electron chi connectivity index (χ4n) is 3.17. The van der Waals surface area contributed by atoms with Crippen molar-refractivity contribution < 1.29 is 19.0 Å². The van der Waals surface area contributed by atoms with Crippen LogP contribution in [0.15, 0.2) is 77.4 Å². The molecule has 6 heteroatoms. The number of carbonyl (C=O) groups excluding carboxylic acids is 1. The Hall–Kier alpha value is -3.57. The summed E-state index contributed by atoms with van der Waals surface area (Å²) in [6.45, 7) is 2.47. The van der Waals surface area contributed by atoms with E-state index < -0.39 is 5.97 Å². The van der Waals surface area contributed by atoms with Crippen molar-refractivity contribution >= 4 is 29.5 Å². The molecule has 0 atom stereocenters. The second-order valence-corrected chi connectivity index (χ2v) is 7.41. The van der Waals surface area contributed by atoms with Gasteiger partial charge in [0.2, 0.25) is 5.90 Å². The van der Waals surface area contributed by atoms with Crippen molar-refractivity contribution in [1.29, 1.82) is 0 Å². The van der Waals surface area contributed by atoms with Crippen LogP contribution in [-0.4, -0.2) is 19.0 Å². The minimum Gasteiger partial charge on any atom is -0.493 e. The van der Waals surface area contributed by atoms with Crippen LogP contribution in [0.5, 0.6) is 11.5 Å². The lowest BCUT2D eigenvalue weighted by molar-refractivity contribution is -0.129. The molecule has 1 heterocycles. The first kappa shape index (κ1) is 20.7. The molecule has 0 saturated carbocycles. The molecule has 0 saturated heterocycles. The van der Waals surface area contributed by atoms with Gasteiger partial charge in [-0.3, -0.25) is 0 Å². The molecule has 0 aliphatic carbocycles. The fourth-order valence-corrected chi connectivity index (χ4v) is 3.39. The highest BCUT2D eigenvalue weighted by Gasteiger charge is 2.25. The van der Waals surface area contributed by atoms with Gasteiger partial charge >= 0.3 is 5.97 Å². The Morgan fingerprint density at radius 2 is 1.87 bits per heavy atom. The first-order chi connectivity index (χ1) is 15.0. The van der Waals surface area contributed by atoms with Crippen molar-refractivity contribution in [3.8, 4) is 11.5 Å². The number of esters is 1. The Balaban J connectivity index is 1.55. The lowest BCUT2D eigenvalue weighted by Crippen LogP contribution is -2.05. The van der Waals surface area contributed by atoms with E-state index in [9.17, 15) is 4.79 Å². The summed E-state index contributed by atoms with van der Waals surface area (Å²) in [7, 11) is 1.57. The smallest absolute Gasteiger partial charge is 0.363 e. The van der Waals surface area contributed by atoms with Crippen molar-refractivity contribution in [2.75, 3.05) is 7.11 Å². The molecule has 0 unspecified atom stereocenters. The largest absolute Gasteiger partial charge is 0.493 e. The van der Waals surface area contributed by atoms with Gasteiger partial charge in [-0.2, -0.15) is 0 Å². The Bertz CT molecular complexity index is 1200. The summed E-state index contributed by atoms with van der Waals surface area (Å²) < 4.78 is 16.7. The molecule has 4 rings (SSSR count). The van der Waals surface area contributed by atoms with Crippen molar-refractivity contribution in [3.63, 3.8) is 0 Å². The Morgan fingerprint density at radius 3 is 2.65 bits per heavy atom. The van der Waals surface area contributed by atoms with Gasteiger partial charge in [0.15, 0.2) is 17.2 Å². The van der Waals surface area contributed by atoms with Gasteiger partial charge in [-0.1, -0.05) is 59.6 Å². The number of ether oxygens (including phenoxy) is 3. The number of nitrogens with zero attached hydrogens (tertiary/aromatic N) is 1. The summed E-state index contributed by atoms with van der Waals surface area (Å²) >= 11 is 6.18. The fraction of sp³-hybridized carbons (Fsp3) is 0.120. The van der Waals surface area contributed by atoms with Crippen molar-refractivity contribution in [2.45, 2.75) is 13.5 Å². The van der Waals surface area contributed by atoms with Crippen LogP contribution in [0.3, 0.4) is 0 Å². The molecular weight excluding hydrogens is 414 g/mol. The summed E-state index contributed by atoms with van der Waals surface area (Å²) in [5, 5.41) is 0.465. The van der Waals surface area contributed by atoms with E-state index >= 15 is 0 Å². The van der Waals surface area contributed by atoms with E-state index in [1.807, 2.05) is 31.2 Å². The van der Waals surface area contributed by atoms with Gasteiger partial charge in [0.25, 0.3) is 0 Å². The molecule has 0 amide bonds. The molecule has 0 spiro atoms. The lowest BCUT2D eigenvalue weighted by Gasteiger charge is -2.12. The van der Waals surface area contributed by atoms with Gasteiger partial charge in [-0.25, -0.2) is 9.79 Å². The third-order valence-electron chi connectivity index (χ3n) is 4.69. The Labute approximate surface area is 185 Å². The van der Waals surface area contributed by atoms with Gasteiger partial charge in [-0.15, -0.1) is 0 Å². The van der Waals surface area contributed by atoms with Gasteiger partial charge in [0, 0.05) is 0 Å². The minimum atomic E-state index is -0.534. The molecule has 0 aromatic heterocycles. The summed E-state index contributed by atoms with van der Waals surface area (Å²) in [6.07, 6.45) is 1.64. The second-order valence-electron chi connectivity index (χ2n) is 7.00. The number of hydrogen-bond acceptors (Lipinski definition) is 5. The highest BCUT2D eigenvalue weighted by atomic mass is 35.5. The molecule has 0 fully saturated rings. The lowest BCUT2D eigenvalue weighted by atomic mass is 10.1. The molecule has 31 heavy (non-hydrogen) atoms. The summed E-state index contributed by atoms with van der Waals surface area (Å²) in [6, 6.07) is 20.6. The topological polar surface area (TPSA) is 57.1 Å². The van der Waals surface area contributed by atoms with Crippen LogP contribution < -0.4 is 9.47 Å². The number of cyclic esters (lactones) is 1. The monoisotopic (exact) mass is 433 g/mol. The van der Waals surface area contributed by atoms with Crippen LogP contribution in [0.25, 0.3) is 6.08 Å². The van der Waals surface area contributed by atoms with Gasteiger partial charge < -0.3 is 14.2 Å². The molecule has 156 valence electrons. The van der Waals surface area contributed by atoms with Gasteiger partial charge in [0.1, 0.15) is 6.61 Å². The predicted octanol–water partition coefficient (Wildman–Crippen LogP) is 5.58. The number of hydrogen-bond donors (Lipinski definition) is 0. The number of carbonyl (C=O) groups is 1. The zero-order chi connectivity index (χ0) is 21.8. The molecule has 3 aromatic carbocycles. The Kier molecular flexibility index (Phi) is 6.05. The van der Waals surface area contributed by atoms with Crippen LogP contribution in [0.2, 0.25) is 5.02 Å². The number of aryl methyl sites for hydroxylation is 1. The quantitative estimate of drug-likeness (QED) is 0.376. The number of rotatable bonds is 6. The maximum absolute atomic E-state index is 12.3. The van der Waals surface area contributed by atoms with Crippen molar-refractivity contribution in [3.05, 3.63) is 99.7 Å². The zero-order valence-electron chi connectivity index (χ0n) is 17.1. The maximum atomic E-state index is 12.3. The van der Waals surface area contributed by atoms with E-state index in [2.05, 4.69) is 11.1 Å². The molecule has 5 nitrogen and oxygen atoms in total. The summed E-state index contributed by atoms with van der Waals surface area (Å²) in [5.74, 6) is 0.824. The molecule has 1 aliphatic rings. The molecule has 0 radical (unpaired) electrons. The molecule has 0 bridgehead atoms. The van der Waals surface area contributed by atoms with Crippen LogP contribution >= 0.6 is 11.6 Å². The van der Waals surface area contributed by atoms with Crippen LogP contribution in [0.1, 0.15) is 22.3 Å². The van der Waals surface area contributed by atoms with Gasteiger partial charge in [-0.05, 0) is 48.4 Å². The molecular formula is C25H20ClNO4. The minimum absolute atomic E-state index is 0.186. The van der Waals surface area contributed by atoms with E-state index in [-0.39, 0.29) is 11.6 Å². The normalized spacial score (nSPS) is 14.4. The molecule has 0 N–H and O–H groups in total. The standard InChI is InChI=1S/C25H20ClNO4/c1-16-6-5-7-18(12-16)15-30-22-11-10-17(14-23(22)29-2)13-21-25(28)31-24(27-21)19-8-3-4-9-20(19)26/h3-14H,15H2,1-2H3/b21-13-. The SMILES string of the molecule is COc1cc(/C=C2\N=C(c3ccccc3Cl)OC2=O)ccc1OCc1cccc(C)c1. The van der Waals surface area contributed by atoms with Gasteiger partial charge in [0.05, 0.1) is 17.7 Å². The van der Waals surface area contributed by atoms with E-state index in [0.717, 1.165) is 11.1 Å². The number of methoxy groups -OCH3 is 1. The average molecular weight is 434 g/mol. The maximum Gasteiger partial charge on any atom is 0.363 e. The second kappa shape index (κ2) is 9.06. The zero-order valence-corrected chi connectivity index (χ0v) is 17.8. The number of benzene rings is 3. The number of aliphatic imine (C=N–C) groups is 1. The summed E-state index contributed by atoms with van der Waals surface area (Å²) in [4.78, 5) is 16.6. The molecule has 3 aromatic rings. The average Bonchev–Trinajstić information content (AvgIpc) is 3.13. The van der Waals surface area contributed by atoms with E-state index in [1.165, 1.54) is 5.56 Å².